The summed E-state index contributed by atoms with van der Waals surface area (Å²) in [4.78, 5) is 14.7. The monoisotopic (exact) mass is 245 g/mol. The van der Waals surface area contributed by atoms with Crippen LogP contribution in [0.4, 0.5) is 0 Å². The lowest BCUT2D eigenvalue weighted by Gasteiger charge is -2.22. The Balaban J connectivity index is 1.93. The SMILES string of the molecule is CC(CN1CCC(C)(C)C1)C(=O)c1ccccc1. The maximum Gasteiger partial charge on any atom is 0.166 e. The van der Waals surface area contributed by atoms with Gasteiger partial charge in [0.2, 0.25) is 0 Å². The fourth-order valence-electron chi connectivity index (χ4n) is 2.74. The number of hydrogen-bond donors (Lipinski definition) is 0. The summed E-state index contributed by atoms with van der Waals surface area (Å²) in [7, 11) is 0. The number of benzene rings is 1. The third kappa shape index (κ3) is 3.20. The maximum atomic E-state index is 12.3. The molecule has 1 aromatic rings. The van der Waals surface area contributed by atoms with Crippen molar-refractivity contribution in [3.05, 3.63) is 35.9 Å². The first-order chi connectivity index (χ1) is 8.48. The van der Waals surface area contributed by atoms with Gasteiger partial charge in [-0.2, -0.15) is 0 Å². The van der Waals surface area contributed by atoms with Gasteiger partial charge in [-0.3, -0.25) is 4.79 Å². The van der Waals surface area contributed by atoms with Gasteiger partial charge in [0.1, 0.15) is 0 Å². The van der Waals surface area contributed by atoms with Crippen molar-refractivity contribution in [3.8, 4) is 0 Å². The van der Waals surface area contributed by atoms with Crippen LogP contribution in [0.2, 0.25) is 0 Å². The van der Waals surface area contributed by atoms with Gasteiger partial charge >= 0.3 is 0 Å². The highest BCUT2D eigenvalue weighted by molar-refractivity contribution is 5.97. The molecule has 0 amide bonds. The first kappa shape index (κ1) is 13.3. The Hall–Kier alpha value is -1.15. The van der Waals surface area contributed by atoms with Crippen LogP contribution in [0.25, 0.3) is 0 Å². The lowest BCUT2D eigenvalue weighted by Crippen LogP contribution is -2.31. The van der Waals surface area contributed by atoms with Crippen molar-refractivity contribution in [2.45, 2.75) is 27.2 Å². The van der Waals surface area contributed by atoms with E-state index >= 15 is 0 Å². The molecule has 1 fully saturated rings. The third-order valence-corrected chi connectivity index (χ3v) is 3.79. The van der Waals surface area contributed by atoms with E-state index in [0.717, 1.165) is 25.2 Å². The molecule has 0 radical (unpaired) electrons. The topological polar surface area (TPSA) is 20.3 Å². The smallest absolute Gasteiger partial charge is 0.166 e. The minimum atomic E-state index is 0.0845. The molecule has 2 nitrogen and oxygen atoms in total. The van der Waals surface area contributed by atoms with E-state index in [0.29, 0.717) is 5.41 Å². The van der Waals surface area contributed by atoms with E-state index in [9.17, 15) is 4.79 Å². The van der Waals surface area contributed by atoms with Crippen LogP contribution in [0.15, 0.2) is 30.3 Å². The van der Waals surface area contributed by atoms with Crippen molar-refractivity contribution in [1.82, 2.24) is 4.90 Å². The van der Waals surface area contributed by atoms with Crippen molar-refractivity contribution in [3.63, 3.8) is 0 Å². The molecule has 1 heterocycles. The van der Waals surface area contributed by atoms with Crippen molar-refractivity contribution in [2.24, 2.45) is 11.3 Å². The number of rotatable bonds is 4. The first-order valence-electron chi connectivity index (χ1n) is 6.79. The third-order valence-electron chi connectivity index (χ3n) is 3.79. The van der Waals surface area contributed by atoms with Crippen molar-refractivity contribution < 1.29 is 4.79 Å². The molecule has 1 aliphatic rings. The van der Waals surface area contributed by atoms with Crippen LogP contribution >= 0.6 is 0 Å². The highest BCUT2D eigenvalue weighted by atomic mass is 16.1. The van der Waals surface area contributed by atoms with Gasteiger partial charge in [-0.05, 0) is 18.4 Å². The zero-order chi connectivity index (χ0) is 13.2. The second-order valence-electron chi connectivity index (χ2n) is 6.28. The normalized spacial score (nSPS) is 20.8. The van der Waals surface area contributed by atoms with E-state index in [1.54, 1.807) is 0 Å². The molecular weight excluding hydrogens is 222 g/mol. The van der Waals surface area contributed by atoms with Gasteiger partial charge in [-0.1, -0.05) is 51.1 Å². The van der Waals surface area contributed by atoms with Crippen LogP contribution in [0.3, 0.4) is 0 Å². The van der Waals surface area contributed by atoms with Gasteiger partial charge in [0.25, 0.3) is 0 Å². The zero-order valence-corrected chi connectivity index (χ0v) is 11.6. The number of carbonyl (C=O) groups is 1. The summed E-state index contributed by atoms with van der Waals surface area (Å²) < 4.78 is 0. The van der Waals surface area contributed by atoms with Gasteiger partial charge in [0, 0.05) is 24.6 Å². The predicted molar refractivity (Wildman–Crippen MR) is 74.8 cm³/mol. The van der Waals surface area contributed by atoms with Crippen LogP contribution < -0.4 is 0 Å². The molecule has 1 saturated heterocycles. The molecule has 1 unspecified atom stereocenters. The molecule has 0 spiro atoms. The number of nitrogens with zero attached hydrogens (tertiary/aromatic N) is 1. The second-order valence-corrected chi connectivity index (χ2v) is 6.28. The fourth-order valence-corrected chi connectivity index (χ4v) is 2.74. The Morgan fingerprint density at radius 1 is 1.33 bits per heavy atom. The van der Waals surface area contributed by atoms with E-state index in [2.05, 4.69) is 18.7 Å². The number of hydrogen-bond acceptors (Lipinski definition) is 2. The fraction of sp³-hybridized carbons (Fsp3) is 0.562. The predicted octanol–water partition coefficient (Wildman–Crippen LogP) is 3.24. The van der Waals surface area contributed by atoms with Gasteiger partial charge < -0.3 is 4.90 Å². The molecule has 1 atom stereocenters. The summed E-state index contributed by atoms with van der Waals surface area (Å²) in [5.41, 5.74) is 1.25. The largest absolute Gasteiger partial charge is 0.302 e. The molecule has 2 heteroatoms. The van der Waals surface area contributed by atoms with Crippen molar-refractivity contribution in [2.75, 3.05) is 19.6 Å². The molecule has 2 rings (SSSR count). The van der Waals surface area contributed by atoms with E-state index in [1.165, 1.54) is 6.42 Å². The van der Waals surface area contributed by atoms with E-state index in [1.807, 2.05) is 37.3 Å². The Labute approximate surface area is 110 Å². The van der Waals surface area contributed by atoms with Gasteiger partial charge in [-0.25, -0.2) is 0 Å². The average Bonchev–Trinajstić information content (AvgIpc) is 2.68. The van der Waals surface area contributed by atoms with Crippen LogP contribution in [-0.4, -0.2) is 30.3 Å². The highest BCUT2D eigenvalue weighted by Gasteiger charge is 2.30. The van der Waals surface area contributed by atoms with Gasteiger partial charge in [-0.15, -0.1) is 0 Å². The van der Waals surface area contributed by atoms with Gasteiger partial charge in [0.05, 0.1) is 0 Å². The highest BCUT2D eigenvalue weighted by Crippen LogP contribution is 2.29. The summed E-state index contributed by atoms with van der Waals surface area (Å²) >= 11 is 0. The maximum absolute atomic E-state index is 12.3. The molecule has 0 aliphatic carbocycles. The van der Waals surface area contributed by atoms with E-state index in [-0.39, 0.29) is 11.7 Å². The summed E-state index contributed by atoms with van der Waals surface area (Å²) in [5.74, 6) is 0.349. The molecule has 18 heavy (non-hydrogen) atoms. The Bertz CT molecular complexity index is 410. The average molecular weight is 245 g/mol. The van der Waals surface area contributed by atoms with Crippen LogP contribution in [0.5, 0.6) is 0 Å². The van der Waals surface area contributed by atoms with E-state index < -0.39 is 0 Å². The standard InChI is InChI=1S/C16H23NO/c1-13(11-17-10-9-16(2,3)12-17)15(18)14-7-5-4-6-8-14/h4-8,13H,9-12H2,1-3H3. The molecule has 1 aliphatic heterocycles. The molecule has 0 N–H and O–H groups in total. The minimum absolute atomic E-state index is 0.0845. The Morgan fingerprint density at radius 3 is 2.56 bits per heavy atom. The summed E-state index contributed by atoms with van der Waals surface area (Å²) in [5, 5.41) is 0. The molecular formula is C16H23NO. The van der Waals surface area contributed by atoms with Crippen LogP contribution in [0, 0.1) is 11.3 Å². The number of carbonyl (C=O) groups excluding carboxylic acids is 1. The lowest BCUT2D eigenvalue weighted by molar-refractivity contribution is 0.0899. The molecule has 1 aromatic carbocycles. The Kier molecular flexibility index (Phi) is 3.86. The molecule has 0 bridgehead atoms. The van der Waals surface area contributed by atoms with E-state index in [4.69, 9.17) is 0 Å². The number of ketones is 1. The van der Waals surface area contributed by atoms with Crippen molar-refractivity contribution >= 4 is 5.78 Å². The minimum Gasteiger partial charge on any atom is -0.302 e. The van der Waals surface area contributed by atoms with Gasteiger partial charge in [0.15, 0.2) is 5.78 Å². The van der Waals surface area contributed by atoms with Crippen LogP contribution in [-0.2, 0) is 0 Å². The number of Topliss-reactive ketones (excluding diaryl/α,β-unsaturated/α-hetero) is 1. The van der Waals surface area contributed by atoms with Crippen LogP contribution in [0.1, 0.15) is 37.6 Å². The Morgan fingerprint density at radius 2 is 2.00 bits per heavy atom. The quantitative estimate of drug-likeness (QED) is 0.759. The number of likely N-dealkylation sites (tertiary alicyclic amines) is 1. The summed E-state index contributed by atoms with van der Waals surface area (Å²) in [6, 6.07) is 9.63. The second kappa shape index (κ2) is 5.23. The summed E-state index contributed by atoms with van der Waals surface area (Å²) in [6.45, 7) is 9.77. The zero-order valence-electron chi connectivity index (χ0n) is 11.6. The lowest BCUT2D eigenvalue weighted by atomic mass is 9.93. The van der Waals surface area contributed by atoms with Crippen molar-refractivity contribution in [1.29, 1.82) is 0 Å². The first-order valence-corrected chi connectivity index (χ1v) is 6.79. The molecule has 98 valence electrons. The summed E-state index contributed by atoms with van der Waals surface area (Å²) in [6.07, 6.45) is 1.24. The molecule has 0 saturated carbocycles. The molecule has 0 aromatic heterocycles.